The van der Waals surface area contributed by atoms with E-state index >= 15 is 0 Å². The van der Waals surface area contributed by atoms with Crippen molar-refractivity contribution in [2.45, 2.75) is 57.2 Å². The predicted octanol–water partition coefficient (Wildman–Crippen LogP) is 0.361. The number of Topliss-reactive ketones (excluding diaryl/α,β-unsaturated/α-hetero) is 2. The highest BCUT2D eigenvalue weighted by molar-refractivity contribution is 5.98. The van der Waals surface area contributed by atoms with Gasteiger partial charge in [-0.1, -0.05) is 12.1 Å². The third-order valence-corrected chi connectivity index (χ3v) is 8.58. The number of carbonyl (C=O) groups excluding carboxylic acids is 5. The molecule has 5 atom stereocenters. The Bertz CT molecular complexity index is 1180. The molecule has 2 N–H and O–H groups in total. The average molecular weight is 601 g/mol. The van der Waals surface area contributed by atoms with Crippen molar-refractivity contribution in [3.63, 3.8) is 0 Å². The molecule has 43 heavy (non-hydrogen) atoms. The number of nitrogens with one attached hydrogen (secondary N) is 2. The molecular formula is C31H44N4O8. The van der Waals surface area contributed by atoms with Crippen LogP contribution in [0.4, 0.5) is 0 Å². The van der Waals surface area contributed by atoms with Crippen molar-refractivity contribution in [2.24, 2.45) is 11.8 Å². The van der Waals surface area contributed by atoms with Gasteiger partial charge in [0, 0.05) is 44.9 Å². The highest BCUT2D eigenvalue weighted by atomic mass is 16.6. The van der Waals surface area contributed by atoms with E-state index in [-0.39, 0.29) is 61.7 Å². The van der Waals surface area contributed by atoms with E-state index in [9.17, 15) is 24.0 Å². The second-order valence-electron chi connectivity index (χ2n) is 12.0. The summed E-state index contributed by atoms with van der Waals surface area (Å²) in [5.74, 6) is -1.90. The van der Waals surface area contributed by atoms with E-state index in [2.05, 4.69) is 10.6 Å². The van der Waals surface area contributed by atoms with E-state index in [1.165, 1.54) is 0 Å². The Labute approximate surface area is 252 Å². The number of carbonyl (C=O) groups is 5. The minimum absolute atomic E-state index is 0.0551. The molecule has 3 aliphatic heterocycles. The molecule has 4 rings (SSSR count). The van der Waals surface area contributed by atoms with Crippen LogP contribution in [0, 0.1) is 11.8 Å². The van der Waals surface area contributed by atoms with Crippen molar-refractivity contribution in [1.29, 1.82) is 0 Å². The first-order valence-corrected chi connectivity index (χ1v) is 15.0. The van der Waals surface area contributed by atoms with Crippen LogP contribution in [-0.2, 0) is 39.9 Å². The fraction of sp³-hybridized carbons (Fsp3) is 0.645. The number of ketones is 2. The minimum atomic E-state index is -0.994. The molecule has 3 saturated heterocycles. The van der Waals surface area contributed by atoms with Crippen molar-refractivity contribution in [3.05, 3.63) is 29.8 Å². The molecule has 0 saturated carbocycles. The van der Waals surface area contributed by atoms with Crippen LogP contribution >= 0.6 is 0 Å². The molecule has 1 aromatic rings. The third kappa shape index (κ3) is 8.84. The van der Waals surface area contributed by atoms with E-state index in [1.54, 1.807) is 45.0 Å². The normalized spacial score (nSPS) is 24.1. The number of benzene rings is 1. The second kappa shape index (κ2) is 14.4. The van der Waals surface area contributed by atoms with Crippen molar-refractivity contribution in [2.75, 3.05) is 60.2 Å². The van der Waals surface area contributed by atoms with Crippen molar-refractivity contribution in [1.82, 2.24) is 20.4 Å². The number of ether oxygens (including phenoxy) is 3. The highest BCUT2D eigenvalue weighted by Gasteiger charge is 2.51. The second-order valence-corrected chi connectivity index (χ2v) is 12.0. The van der Waals surface area contributed by atoms with Gasteiger partial charge in [-0.3, -0.25) is 28.9 Å². The zero-order valence-corrected chi connectivity index (χ0v) is 25.6. The molecule has 0 radical (unpaired) electrons. The summed E-state index contributed by atoms with van der Waals surface area (Å²) in [4.78, 5) is 69.4. The molecule has 12 heteroatoms. The molecule has 0 bridgehead atoms. The standard InChI is InChI=1S/C31H44N4O8/c1-20(32-27(37)18-35-11-13-42-14-12-35)26(36)17-23(15-21-5-7-24(41-4)8-6-21)29(39)33-25(28(38)31(2)19-43-31)16-22-9-10-34(3)30(22)40/h5-8,20,22-23,25H,9-19H2,1-4H3,(H,32,37)(H,33,39)/t20-,22-,23-,25+,31-/m1/s1. The Morgan fingerprint density at radius 2 is 1.77 bits per heavy atom. The van der Waals surface area contributed by atoms with Crippen LogP contribution in [0.15, 0.2) is 24.3 Å². The van der Waals surface area contributed by atoms with Gasteiger partial charge in [-0.05, 0) is 50.8 Å². The summed E-state index contributed by atoms with van der Waals surface area (Å²) < 4.78 is 15.9. The maximum Gasteiger partial charge on any atom is 0.234 e. The van der Waals surface area contributed by atoms with Crippen LogP contribution < -0.4 is 15.4 Å². The van der Waals surface area contributed by atoms with Crippen molar-refractivity contribution in [3.8, 4) is 5.75 Å². The molecule has 1 aromatic carbocycles. The van der Waals surface area contributed by atoms with Gasteiger partial charge in [-0.2, -0.15) is 0 Å². The smallest absolute Gasteiger partial charge is 0.234 e. The zero-order valence-electron chi connectivity index (χ0n) is 25.6. The Morgan fingerprint density at radius 3 is 2.35 bits per heavy atom. The molecular weight excluding hydrogens is 556 g/mol. The van der Waals surface area contributed by atoms with E-state index in [4.69, 9.17) is 14.2 Å². The van der Waals surface area contributed by atoms with Crippen LogP contribution in [0.1, 0.15) is 38.7 Å². The minimum Gasteiger partial charge on any atom is -0.497 e. The largest absolute Gasteiger partial charge is 0.497 e. The Morgan fingerprint density at radius 1 is 1.09 bits per heavy atom. The summed E-state index contributed by atoms with van der Waals surface area (Å²) in [7, 11) is 3.28. The number of epoxide rings is 1. The average Bonchev–Trinajstić information content (AvgIpc) is 3.68. The molecule has 0 aromatic heterocycles. The Hall–Kier alpha value is -3.35. The molecule has 3 heterocycles. The molecule has 12 nitrogen and oxygen atoms in total. The number of methoxy groups -OCH3 is 1. The fourth-order valence-corrected chi connectivity index (χ4v) is 5.59. The lowest BCUT2D eigenvalue weighted by Gasteiger charge is -2.27. The summed E-state index contributed by atoms with van der Waals surface area (Å²) >= 11 is 0. The summed E-state index contributed by atoms with van der Waals surface area (Å²) in [5, 5.41) is 5.65. The van der Waals surface area contributed by atoms with Gasteiger partial charge in [0.1, 0.15) is 11.4 Å². The molecule has 3 fully saturated rings. The van der Waals surface area contributed by atoms with Crippen LogP contribution in [0.3, 0.4) is 0 Å². The SMILES string of the molecule is COc1ccc(C[C@H](CC(=O)[C@@H](C)NC(=O)CN2CCOCC2)C(=O)N[C@@H](C[C@H]2CCN(C)C2=O)C(=O)[C@@]2(C)CO2)cc1. The van der Waals surface area contributed by atoms with Crippen molar-refractivity contribution < 1.29 is 38.2 Å². The predicted molar refractivity (Wildman–Crippen MR) is 156 cm³/mol. The monoisotopic (exact) mass is 600 g/mol. The number of morpholine rings is 1. The Kier molecular flexibility index (Phi) is 10.9. The van der Waals surface area contributed by atoms with E-state index in [1.807, 2.05) is 17.0 Å². The number of likely N-dealkylation sites (tertiary alicyclic amines) is 1. The van der Waals surface area contributed by atoms with E-state index < -0.39 is 29.5 Å². The molecule has 3 amide bonds. The molecule has 0 unspecified atom stereocenters. The van der Waals surface area contributed by atoms with Gasteiger partial charge in [0.25, 0.3) is 0 Å². The van der Waals surface area contributed by atoms with Crippen molar-refractivity contribution >= 4 is 29.3 Å². The quantitative estimate of drug-likeness (QED) is 0.273. The molecule has 0 spiro atoms. The third-order valence-electron chi connectivity index (χ3n) is 8.58. The van der Waals surface area contributed by atoms with Crippen LogP contribution in [-0.4, -0.2) is 117 Å². The van der Waals surface area contributed by atoms with Gasteiger partial charge < -0.3 is 29.7 Å². The fourth-order valence-electron chi connectivity index (χ4n) is 5.59. The van der Waals surface area contributed by atoms with Gasteiger partial charge in [0.2, 0.25) is 17.7 Å². The highest BCUT2D eigenvalue weighted by Crippen LogP contribution is 2.31. The van der Waals surface area contributed by atoms with Gasteiger partial charge in [-0.25, -0.2) is 0 Å². The maximum absolute atomic E-state index is 13.8. The Balaban J connectivity index is 1.46. The molecule has 236 valence electrons. The van der Waals surface area contributed by atoms with Gasteiger partial charge >= 0.3 is 0 Å². The number of hydrogen-bond donors (Lipinski definition) is 2. The number of amides is 3. The van der Waals surface area contributed by atoms with Gasteiger partial charge in [0.05, 0.1) is 45.6 Å². The first kappa shape index (κ1) is 32.6. The van der Waals surface area contributed by atoms with Crippen LogP contribution in [0.2, 0.25) is 0 Å². The van der Waals surface area contributed by atoms with Crippen LogP contribution in [0.5, 0.6) is 5.75 Å². The first-order chi connectivity index (χ1) is 20.5. The number of nitrogens with zero attached hydrogens (tertiary/aromatic N) is 2. The molecule has 3 aliphatic rings. The zero-order chi connectivity index (χ0) is 31.1. The summed E-state index contributed by atoms with van der Waals surface area (Å²) in [6.45, 7) is 6.71. The summed E-state index contributed by atoms with van der Waals surface area (Å²) in [6, 6.07) is 5.47. The summed E-state index contributed by atoms with van der Waals surface area (Å²) in [5.41, 5.74) is -0.183. The maximum atomic E-state index is 13.8. The lowest BCUT2D eigenvalue weighted by Crippen LogP contribution is -2.50. The topological polar surface area (TPSA) is 147 Å². The van der Waals surface area contributed by atoms with Crippen LogP contribution in [0.25, 0.3) is 0 Å². The first-order valence-electron chi connectivity index (χ1n) is 15.0. The van der Waals surface area contributed by atoms with E-state index in [0.717, 1.165) is 5.56 Å². The van der Waals surface area contributed by atoms with Gasteiger partial charge in [0.15, 0.2) is 11.6 Å². The lowest BCUT2D eigenvalue weighted by molar-refractivity contribution is -0.136. The van der Waals surface area contributed by atoms with E-state index in [0.29, 0.717) is 45.0 Å². The van der Waals surface area contributed by atoms with Gasteiger partial charge in [-0.15, -0.1) is 0 Å². The number of rotatable bonds is 15. The molecule has 0 aliphatic carbocycles. The summed E-state index contributed by atoms with van der Waals surface area (Å²) in [6.07, 6.45) is 0.859. The number of hydrogen-bond acceptors (Lipinski definition) is 9. The lowest BCUT2D eigenvalue weighted by atomic mass is 9.88.